The molecule has 0 amide bonds. The summed E-state index contributed by atoms with van der Waals surface area (Å²) >= 11 is 0. The van der Waals surface area contributed by atoms with Crippen LogP contribution in [0.1, 0.15) is 23.2 Å². The first-order chi connectivity index (χ1) is 9.84. The minimum absolute atomic E-state index is 0.0661. The molecule has 20 heavy (non-hydrogen) atoms. The molecule has 0 unspecified atom stereocenters. The highest BCUT2D eigenvalue weighted by Gasteiger charge is 2.09. The molecular weight excluding hydrogens is 250 g/mol. The lowest BCUT2D eigenvalue weighted by Gasteiger charge is -2.03. The number of hydrogen-bond donors (Lipinski definition) is 0. The molecule has 1 aromatic carbocycles. The monoisotopic (exact) mass is 265 g/mol. The fourth-order valence-electron chi connectivity index (χ4n) is 2.26. The third-order valence-electron chi connectivity index (χ3n) is 3.32. The van der Waals surface area contributed by atoms with Crippen molar-refractivity contribution in [2.75, 3.05) is 0 Å². The second kappa shape index (κ2) is 5.65. The number of imidazole rings is 1. The van der Waals surface area contributed by atoms with Gasteiger partial charge in [0.05, 0.1) is 17.2 Å². The summed E-state index contributed by atoms with van der Waals surface area (Å²) in [5.74, 6) is 0.0661. The Morgan fingerprint density at radius 2 is 2.00 bits per heavy atom. The molecule has 0 aliphatic rings. The minimum Gasteiger partial charge on any atom is -0.274 e. The molecule has 3 rings (SSSR count). The molecule has 4 nitrogen and oxygen atoms in total. The highest BCUT2D eigenvalue weighted by Crippen LogP contribution is 2.12. The van der Waals surface area contributed by atoms with E-state index < -0.39 is 0 Å². The molecule has 0 fully saturated rings. The molecule has 4 heteroatoms. The van der Waals surface area contributed by atoms with Crippen LogP contribution in [0.4, 0.5) is 0 Å². The van der Waals surface area contributed by atoms with Crippen molar-refractivity contribution in [1.82, 2.24) is 14.5 Å². The summed E-state index contributed by atoms with van der Waals surface area (Å²) in [6.07, 6.45) is 7.20. The quantitative estimate of drug-likeness (QED) is 0.728. The van der Waals surface area contributed by atoms with E-state index in [1.54, 1.807) is 23.3 Å². The molecular formula is C16H15N3O. The van der Waals surface area contributed by atoms with Gasteiger partial charge in [-0.05, 0) is 24.5 Å². The van der Waals surface area contributed by atoms with Crippen LogP contribution < -0.4 is 0 Å². The highest BCUT2D eigenvalue weighted by molar-refractivity contribution is 5.89. The summed E-state index contributed by atoms with van der Waals surface area (Å²) in [6.45, 7) is 0. The Morgan fingerprint density at radius 3 is 2.85 bits per heavy atom. The average molecular weight is 265 g/mol. The van der Waals surface area contributed by atoms with E-state index in [1.165, 1.54) is 5.56 Å². The Hall–Kier alpha value is -2.49. The van der Waals surface area contributed by atoms with Gasteiger partial charge in [0.15, 0.2) is 0 Å². The number of aryl methyl sites for hydroxylation is 1. The van der Waals surface area contributed by atoms with Crippen molar-refractivity contribution in [2.24, 2.45) is 0 Å². The number of rotatable bonds is 4. The van der Waals surface area contributed by atoms with Crippen LogP contribution >= 0.6 is 0 Å². The summed E-state index contributed by atoms with van der Waals surface area (Å²) in [6, 6.07) is 12.0. The molecule has 0 aliphatic heterocycles. The molecule has 0 N–H and O–H groups in total. The predicted octanol–water partition coefficient (Wildman–Crippen LogP) is 3.09. The van der Waals surface area contributed by atoms with Crippen molar-refractivity contribution < 1.29 is 4.79 Å². The van der Waals surface area contributed by atoms with Gasteiger partial charge in [0.25, 0.3) is 0 Å². The summed E-state index contributed by atoms with van der Waals surface area (Å²) in [7, 11) is 0. The minimum atomic E-state index is 0.0661. The number of pyridine rings is 1. The van der Waals surface area contributed by atoms with Crippen molar-refractivity contribution in [1.29, 1.82) is 0 Å². The fourth-order valence-corrected chi connectivity index (χ4v) is 2.26. The van der Waals surface area contributed by atoms with Crippen LogP contribution in [-0.2, 0) is 6.42 Å². The Kier molecular flexibility index (Phi) is 3.54. The van der Waals surface area contributed by atoms with Gasteiger partial charge in [0, 0.05) is 12.6 Å². The van der Waals surface area contributed by atoms with Gasteiger partial charge in [-0.3, -0.25) is 14.3 Å². The van der Waals surface area contributed by atoms with E-state index in [0.29, 0.717) is 6.42 Å². The van der Waals surface area contributed by atoms with Gasteiger partial charge in [-0.15, -0.1) is 0 Å². The van der Waals surface area contributed by atoms with Crippen LogP contribution in [0.25, 0.3) is 11.0 Å². The number of carbonyl (C=O) groups is 1. The van der Waals surface area contributed by atoms with Crippen LogP contribution in [0.2, 0.25) is 0 Å². The molecule has 2 aromatic heterocycles. The molecule has 0 bridgehead atoms. The SMILES string of the molecule is O=C(CCCc1ccccc1)n1cnc2ccncc21. The van der Waals surface area contributed by atoms with Gasteiger partial charge < -0.3 is 0 Å². The number of benzene rings is 1. The third-order valence-corrected chi connectivity index (χ3v) is 3.32. The van der Waals surface area contributed by atoms with Crippen molar-refractivity contribution >= 4 is 16.9 Å². The first-order valence-electron chi connectivity index (χ1n) is 6.69. The van der Waals surface area contributed by atoms with Crippen LogP contribution in [0, 0.1) is 0 Å². The first kappa shape index (κ1) is 12.5. The highest BCUT2D eigenvalue weighted by atomic mass is 16.2. The van der Waals surface area contributed by atoms with Gasteiger partial charge in [0.1, 0.15) is 6.33 Å². The van der Waals surface area contributed by atoms with Crippen molar-refractivity contribution in [3.05, 3.63) is 60.7 Å². The van der Waals surface area contributed by atoms with E-state index in [1.807, 2.05) is 24.3 Å². The zero-order valence-electron chi connectivity index (χ0n) is 11.1. The molecule has 2 heterocycles. The molecule has 0 saturated carbocycles. The average Bonchev–Trinajstić information content (AvgIpc) is 2.92. The van der Waals surface area contributed by atoms with E-state index in [2.05, 4.69) is 22.1 Å². The second-order valence-electron chi connectivity index (χ2n) is 4.71. The summed E-state index contributed by atoms with van der Waals surface area (Å²) in [5.41, 5.74) is 2.84. The summed E-state index contributed by atoms with van der Waals surface area (Å²) in [5, 5.41) is 0. The van der Waals surface area contributed by atoms with E-state index in [0.717, 1.165) is 23.9 Å². The van der Waals surface area contributed by atoms with Crippen LogP contribution in [0.3, 0.4) is 0 Å². The van der Waals surface area contributed by atoms with Gasteiger partial charge in [-0.1, -0.05) is 30.3 Å². The standard InChI is InChI=1S/C16H15N3O/c20-16(8-4-7-13-5-2-1-3-6-13)19-12-18-14-9-10-17-11-15(14)19/h1-3,5-6,9-12H,4,7-8H2. The third kappa shape index (κ3) is 2.59. The Labute approximate surface area is 117 Å². The van der Waals surface area contributed by atoms with Crippen molar-refractivity contribution in [3.8, 4) is 0 Å². The predicted molar refractivity (Wildman–Crippen MR) is 77.5 cm³/mol. The first-order valence-corrected chi connectivity index (χ1v) is 6.69. The van der Waals surface area contributed by atoms with Gasteiger partial charge in [-0.2, -0.15) is 0 Å². The molecule has 0 spiro atoms. The topological polar surface area (TPSA) is 47.8 Å². The Balaban J connectivity index is 1.65. The number of carbonyl (C=O) groups excluding carboxylic acids is 1. The largest absolute Gasteiger partial charge is 0.274 e. The summed E-state index contributed by atoms with van der Waals surface area (Å²) in [4.78, 5) is 20.5. The van der Waals surface area contributed by atoms with E-state index in [9.17, 15) is 4.79 Å². The maximum atomic E-state index is 12.2. The Bertz CT molecular complexity index is 719. The van der Waals surface area contributed by atoms with Gasteiger partial charge in [-0.25, -0.2) is 4.98 Å². The maximum Gasteiger partial charge on any atom is 0.232 e. The number of nitrogens with zero attached hydrogens (tertiary/aromatic N) is 3. The smallest absolute Gasteiger partial charge is 0.232 e. The van der Waals surface area contributed by atoms with Crippen LogP contribution in [-0.4, -0.2) is 20.4 Å². The number of fused-ring (bicyclic) bond motifs is 1. The Morgan fingerprint density at radius 1 is 1.15 bits per heavy atom. The van der Waals surface area contributed by atoms with Crippen molar-refractivity contribution in [3.63, 3.8) is 0 Å². The van der Waals surface area contributed by atoms with Gasteiger partial charge in [0.2, 0.25) is 5.91 Å². The summed E-state index contributed by atoms with van der Waals surface area (Å²) < 4.78 is 1.59. The zero-order valence-corrected chi connectivity index (χ0v) is 11.1. The second-order valence-corrected chi connectivity index (χ2v) is 4.71. The fraction of sp³-hybridized carbons (Fsp3) is 0.188. The van der Waals surface area contributed by atoms with Crippen LogP contribution in [0.15, 0.2) is 55.1 Å². The maximum absolute atomic E-state index is 12.2. The van der Waals surface area contributed by atoms with E-state index >= 15 is 0 Å². The molecule has 0 atom stereocenters. The number of aromatic nitrogens is 3. The zero-order chi connectivity index (χ0) is 13.8. The molecule has 0 aliphatic carbocycles. The molecule has 0 radical (unpaired) electrons. The lowest BCUT2D eigenvalue weighted by molar-refractivity contribution is 0.0905. The van der Waals surface area contributed by atoms with Crippen LogP contribution in [0.5, 0.6) is 0 Å². The molecule has 0 saturated heterocycles. The van der Waals surface area contributed by atoms with Crippen molar-refractivity contribution in [2.45, 2.75) is 19.3 Å². The van der Waals surface area contributed by atoms with E-state index in [4.69, 9.17) is 0 Å². The molecule has 100 valence electrons. The number of hydrogen-bond acceptors (Lipinski definition) is 3. The molecule has 3 aromatic rings. The normalized spacial score (nSPS) is 10.8. The van der Waals surface area contributed by atoms with Gasteiger partial charge >= 0.3 is 0 Å². The van der Waals surface area contributed by atoms with E-state index in [-0.39, 0.29) is 5.91 Å². The lowest BCUT2D eigenvalue weighted by atomic mass is 10.1. The lowest BCUT2D eigenvalue weighted by Crippen LogP contribution is -2.09.